The van der Waals surface area contributed by atoms with Crippen LogP contribution in [0.3, 0.4) is 0 Å². The number of carbonyl (C=O) groups is 5. The summed E-state index contributed by atoms with van der Waals surface area (Å²) in [5.41, 5.74) is 4.22. The molecule has 0 spiro atoms. The van der Waals surface area contributed by atoms with E-state index in [0.717, 1.165) is 67.2 Å². The molecule has 296 valence electrons. The summed E-state index contributed by atoms with van der Waals surface area (Å²) in [6.45, 7) is 8.21. The Hall–Kier alpha value is -6.03. The number of benzene rings is 1. The van der Waals surface area contributed by atoms with Gasteiger partial charge in [0.25, 0.3) is 17.7 Å². The number of aromatic nitrogens is 5. The van der Waals surface area contributed by atoms with Gasteiger partial charge in [0.15, 0.2) is 5.82 Å². The van der Waals surface area contributed by atoms with Crippen molar-refractivity contribution in [2.45, 2.75) is 90.5 Å². The van der Waals surface area contributed by atoms with Gasteiger partial charge in [0.2, 0.25) is 11.8 Å². The molecule has 1 unspecified atom stereocenters. The SMILES string of the molecule is CCn1cnnc1-c1cccc(N2Cc3c(cc(N4CCC[C@H]4C)nc3CN(C)CCCCCNc3cccc4c3C(=O)N(C3CCC(=O)NC3=O)C4=O)C2=O)n1. The number of amides is 5. The Bertz CT molecular complexity index is 2260. The van der Waals surface area contributed by atoms with Crippen molar-refractivity contribution in [2.24, 2.45) is 0 Å². The standard InChI is InChI=1S/C41H47N11O5/c1-4-49-24-43-47-37(49)30-14-9-15-33(44-30)51-22-28-27(39(51)55)21-34(50-20-10-11-25(50)2)45-31(28)23-48(3)19-7-5-6-18-42-29-13-8-12-26-36(29)41(57)52(40(26)56)32-16-17-35(53)46-38(32)54/h8-9,12-15,21,24-25,32,42H,4-7,10-11,16-20,22-23H2,1-3H3,(H,46,53,54)/t25-,32?/m1/s1. The van der Waals surface area contributed by atoms with Gasteiger partial charge in [-0.1, -0.05) is 18.6 Å². The molecule has 2 atom stereocenters. The molecule has 3 aromatic heterocycles. The average Bonchev–Trinajstić information content (AvgIpc) is 3.99. The van der Waals surface area contributed by atoms with Crippen LogP contribution in [0, 0.1) is 0 Å². The van der Waals surface area contributed by atoms with Crippen LogP contribution >= 0.6 is 0 Å². The van der Waals surface area contributed by atoms with E-state index >= 15 is 0 Å². The van der Waals surface area contributed by atoms with Crippen molar-refractivity contribution in [3.8, 4) is 11.5 Å². The molecule has 16 heteroatoms. The molecule has 0 aliphatic carbocycles. The lowest BCUT2D eigenvalue weighted by molar-refractivity contribution is -0.136. The second-order valence-corrected chi connectivity index (χ2v) is 15.3. The van der Waals surface area contributed by atoms with E-state index in [0.29, 0.717) is 60.8 Å². The van der Waals surface area contributed by atoms with Crippen LogP contribution in [-0.2, 0) is 29.2 Å². The monoisotopic (exact) mass is 773 g/mol. The summed E-state index contributed by atoms with van der Waals surface area (Å²) < 4.78 is 1.92. The number of anilines is 3. The first-order valence-corrected chi connectivity index (χ1v) is 19.9. The molecule has 2 fully saturated rings. The minimum Gasteiger partial charge on any atom is -0.384 e. The van der Waals surface area contributed by atoms with Gasteiger partial charge in [-0.3, -0.25) is 39.1 Å². The second-order valence-electron chi connectivity index (χ2n) is 15.3. The molecule has 1 aromatic carbocycles. The number of aryl methyl sites for hydroxylation is 1. The number of unbranched alkanes of at least 4 members (excludes halogenated alkanes) is 2. The molecule has 2 N–H and O–H groups in total. The molecule has 4 aromatic rings. The fourth-order valence-electron chi connectivity index (χ4n) is 8.38. The zero-order valence-corrected chi connectivity index (χ0v) is 32.5. The predicted molar refractivity (Wildman–Crippen MR) is 212 cm³/mol. The van der Waals surface area contributed by atoms with Crippen LogP contribution in [0.25, 0.3) is 11.5 Å². The van der Waals surface area contributed by atoms with E-state index in [9.17, 15) is 24.0 Å². The molecule has 5 amide bonds. The third kappa shape index (κ3) is 7.25. The number of rotatable bonds is 14. The Labute approximate surface area is 330 Å². The lowest BCUT2D eigenvalue weighted by atomic mass is 10.0. The number of pyridine rings is 2. The van der Waals surface area contributed by atoms with Gasteiger partial charge in [-0.05, 0) is 89.9 Å². The fourth-order valence-corrected chi connectivity index (χ4v) is 8.38. The molecule has 2 saturated heterocycles. The minimum atomic E-state index is -1.00. The molecular formula is C41H47N11O5. The van der Waals surface area contributed by atoms with Gasteiger partial charge in [0, 0.05) is 49.9 Å². The maximum Gasteiger partial charge on any atom is 0.264 e. The number of piperidine rings is 1. The van der Waals surface area contributed by atoms with Crippen molar-refractivity contribution in [3.63, 3.8) is 0 Å². The Kier molecular flexibility index (Phi) is 10.5. The predicted octanol–water partition coefficient (Wildman–Crippen LogP) is 4.02. The first-order valence-electron chi connectivity index (χ1n) is 19.9. The van der Waals surface area contributed by atoms with Crippen LogP contribution in [0.1, 0.15) is 101 Å². The highest BCUT2D eigenvalue weighted by atomic mass is 16.2. The summed E-state index contributed by atoms with van der Waals surface area (Å²) in [5, 5.41) is 13.9. The largest absolute Gasteiger partial charge is 0.384 e. The van der Waals surface area contributed by atoms with Crippen LogP contribution < -0.4 is 20.4 Å². The summed E-state index contributed by atoms with van der Waals surface area (Å²) in [5.74, 6) is -0.103. The summed E-state index contributed by atoms with van der Waals surface area (Å²) >= 11 is 0. The smallest absolute Gasteiger partial charge is 0.264 e. The quantitative estimate of drug-likeness (QED) is 0.139. The fraction of sp³-hybridized carbons (Fsp3) is 0.439. The topological polar surface area (TPSA) is 179 Å². The highest BCUT2D eigenvalue weighted by Crippen LogP contribution is 2.35. The lowest BCUT2D eigenvalue weighted by Crippen LogP contribution is -2.54. The molecular weight excluding hydrogens is 727 g/mol. The van der Waals surface area contributed by atoms with Crippen LogP contribution in [-0.4, -0.2) is 103 Å². The van der Waals surface area contributed by atoms with Crippen molar-refractivity contribution in [2.75, 3.05) is 41.8 Å². The Morgan fingerprint density at radius 2 is 1.77 bits per heavy atom. The van der Waals surface area contributed by atoms with Crippen LogP contribution in [0.5, 0.6) is 0 Å². The van der Waals surface area contributed by atoms with Crippen LogP contribution in [0.15, 0.2) is 48.8 Å². The van der Waals surface area contributed by atoms with Crippen molar-refractivity contribution in [1.29, 1.82) is 0 Å². The Morgan fingerprint density at radius 3 is 2.56 bits per heavy atom. The first kappa shape index (κ1) is 37.9. The van der Waals surface area contributed by atoms with Gasteiger partial charge >= 0.3 is 0 Å². The van der Waals surface area contributed by atoms with Crippen molar-refractivity contribution >= 4 is 46.9 Å². The minimum absolute atomic E-state index is 0.0737. The zero-order valence-electron chi connectivity index (χ0n) is 32.5. The van der Waals surface area contributed by atoms with Gasteiger partial charge < -0.3 is 19.7 Å². The van der Waals surface area contributed by atoms with E-state index in [-0.39, 0.29) is 29.9 Å². The van der Waals surface area contributed by atoms with E-state index in [4.69, 9.17) is 9.97 Å². The summed E-state index contributed by atoms with van der Waals surface area (Å²) in [6, 6.07) is 12.0. The molecule has 8 rings (SSSR count). The number of nitrogens with zero attached hydrogens (tertiary/aromatic N) is 9. The van der Waals surface area contributed by atoms with Crippen molar-refractivity contribution in [1.82, 2.24) is 39.8 Å². The van der Waals surface area contributed by atoms with E-state index in [2.05, 4.69) is 44.6 Å². The van der Waals surface area contributed by atoms with Gasteiger partial charge in [-0.25, -0.2) is 9.97 Å². The Balaban J connectivity index is 0.900. The van der Waals surface area contributed by atoms with Gasteiger partial charge in [-0.2, -0.15) is 0 Å². The number of carbonyl (C=O) groups excluding carboxylic acids is 5. The van der Waals surface area contributed by atoms with Crippen LogP contribution in [0.2, 0.25) is 0 Å². The molecule has 7 heterocycles. The molecule has 4 aliphatic heterocycles. The average molecular weight is 774 g/mol. The number of hydrogen-bond donors (Lipinski definition) is 2. The van der Waals surface area contributed by atoms with E-state index < -0.39 is 29.7 Å². The third-order valence-electron chi connectivity index (χ3n) is 11.5. The highest BCUT2D eigenvalue weighted by Gasteiger charge is 2.45. The lowest BCUT2D eigenvalue weighted by Gasteiger charge is -2.27. The number of imide groups is 2. The van der Waals surface area contributed by atoms with Gasteiger partial charge in [0.1, 0.15) is 29.7 Å². The highest BCUT2D eigenvalue weighted by molar-refractivity contribution is 6.25. The second kappa shape index (κ2) is 15.8. The van der Waals surface area contributed by atoms with E-state index in [1.165, 1.54) is 0 Å². The summed E-state index contributed by atoms with van der Waals surface area (Å²) in [6.07, 6.45) is 6.70. The van der Waals surface area contributed by atoms with Gasteiger partial charge in [-0.15, -0.1) is 10.2 Å². The molecule has 0 radical (unpaired) electrons. The summed E-state index contributed by atoms with van der Waals surface area (Å²) in [7, 11) is 2.07. The number of fused-ring (bicyclic) bond motifs is 2. The Morgan fingerprint density at radius 1 is 0.930 bits per heavy atom. The number of nitrogens with one attached hydrogen (secondary N) is 2. The normalized spacial score (nSPS) is 19.2. The zero-order chi connectivity index (χ0) is 39.8. The molecule has 0 saturated carbocycles. The maximum atomic E-state index is 14.1. The van der Waals surface area contributed by atoms with Crippen molar-refractivity contribution < 1.29 is 24.0 Å². The van der Waals surface area contributed by atoms with Gasteiger partial charge in [0.05, 0.1) is 28.9 Å². The third-order valence-corrected chi connectivity index (χ3v) is 11.5. The molecule has 4 aliphatic rings. The van der Waals surface area contributed by atoms with E-state index in [1.807, 2.05) is 35.8 Å². The summed E-state index contributed by atoms with van der Waals surface area (Å²) in [4.78, 5) is 82.2. The maximum absolute atomic E-state index is 14.1. The van der Waals surface area contributed by atoms with Crippen molar-refractivity contribution in [3.05, 3.63) is 76.7 Å². The number of hydrogen-bond acceptors (Lipinski definition) is 12. The molecule has 0 bridgehead atoms. The first-order chi connectivity index (χ1) is 27.6. The molecule has 16 nitrogen and oxygen atoms in total. The molecule has 57 heavy (non-hydrogen) atoms. The van der Waals surface area contributed by atoms with Crippen LogP contribution in [0.4, 0.5) is 17.3 Å². The van der Waals surface area contributed by atoms with E-state index in [1.54, 1.807) is 29.4 Å².